The highest BCUT2D eigenvalue weighted by molar-refractivity contribution is 5.89. The second-order valence-corrected chi connectivity index (χ2v) is 3.31. The summed E-state index contributed by atoms with van der Waals surface area (Å²) in [5.41, 5.74) is 1.10. The smallest absolute Gasteiger partial charge is 0.338 e. The van der Waals surface area contributed by atoms with Crippen molar-refractivity contribution in [3.63, 3.8) is 0 Å². The number of esters is 2. The predicted molar refractivity (Wildman–Crippen MR) is 63.2 cm³/mol. The van der Waals surface area contributed by atoms with E-state index in [-0.39, 0.29) is 11.7 Å². The second-order valence-electron chi connectivity index (χ2n) is 3.31. The highest BCUT2D eigenvalue weighted by Crippen LogP contribution is 2.15. The number of ether oxygens (including phenoxy) is 2. The molecular weight excluding hydrogens is 220 g/mol. The molecule has 0 aromatic heterocycles. The number of rotatable bonds is 4. The van der Waals surface area contributed by atoms with Crippen molar-refractivity contribution in [1.29, 1.82) is 0 Å². The van der Waals surface area contributed by atoms with E-state index >= 15 is 0 Å². The monoisotopic (exact) mass is 234 g/mol. The van der Waals surface area contributed by atoms with Crippen LogP contribution >= 0.6 is 0 Å². The SMILES string of the molecule is C=C(OC(C)=O)c1ccc(C(=O)OCC)cc1. The molecule has 90 valence electrons. The van der Waals surface area contributed by atoms with E-state index in [0.717, 1.165) is 0 Å². The number of hydrogen-bond donors (Lipinski definition) is 0. The zero-order valence-corrected chi connectivity index (χ0v) is 9.86. The molecule has 1 rings (SSSR count). The Morgan fingerprint density at radius 1 is 1.18 bits per heavy atom. The summed E-state index contributed by atoms with van der Waals surface area (Å²) in [5, 5.41) is 0. The molecule has 0 aliphatic rings. The molecule has 0 atom stereocenters. The molecule has 0 heterocycles. The van der Waals surface area contributed by atoms with E-state index in [9.17, 15) is 9.59 Å². The molecule has 17 heavy (non-hydrogen) atoms. The maximum atomic E-state index is 11.4. The lowest BCUT2D eigenvalue weighted by molar-refractivity contribution is -0.134. The van der Waals surface area contributed by atoms with Crippen LogP contribution in [0, 0.1) is 0 Å². The third-order valence-corrected chi connectivity index (χ3v) is 1.98. The molecule has 0 radical (unpaired) electrons. The van der Waals surface area contributed by atoms with E-state index in [2.05, 4.69) is 6.58 Å². The lowest BCUT2D eigenvalue weighted by atomic mass is 10.1. The first-order valence-electron chi connectivity index (χ1n) is 5.19. The van der Waals surface area contributed by atoms with Gasteiger partial charge in [0.2, 0.25) is 0 Å². The first-order valence-corrected chi connectivity index (χ1v) is 5.19. The normalized spacial score (nSPS) is 9.53. The van der Waals surface area contributed by atoms with E-state index in [1.807, 2.05) is 0 Å². The van der Waals surface area contributed by atoms with E-state index in [1.165, 1.54) is 6.92 Å². The Bertz CT molecular complexity index is 431. The second kappa shape index (κ2) is 5.84. The van der Waals surface area contributed by atoms with Crippen molar-refractivity contribution in [2.45, 2.75) is 13.8 Å². The van der Waals surface area contributed by atoms with Crippen LogP contribution < -0.4 is 0 Å². The van der Waals surface area contributed by atoms with E-state index in [0.29, 0.717) is 17.7 Å². The Labute approximate surface area is 99.8 Å². The van der Waals surface area contributed by atoms with Gasteiger partial charge in [-0.2, -0.15) is 0 Å². The van der Waals surface area contributed by atoms with Gasteiger partial charge in [0.05, 0.1) is 12.2 Å². The fourth-order valence-electron chi connectivity index (χ4n) is 1.24. The molecule has 1 aromatic carbocycles. The average Bonchev–Trinajstić information content (AvgIpc) is 2.28. The lowest BCUT2D eigenvalue weighted by Gasteiger charge is -2.06. The molecule has 0 fully saturated rings. The molecule has 0 N–H and O–H groups in total. The molecule has 0 saturated carbocycles. The van der Waals surface area contributed by atoms with Crippen LogP contribution in [0.2, 0.25) is 0 Å². The van der Waals surface area contributed by atoms with Gasteiger partial charge in [-0.1, -0.05) is 18.7 Å². The summed E-state index contributed by atoms with van der Waals surface area (Å²) < 4.78 is 9.68. The van der Waals surface area contributed by atoms with Crippen molar-refractivity contribution in [2.24, 2.45) is 0 Å². The molecule has 0 aliphatic carbocycles. The largest absolute Gasteiger partial charge is 0.462 e. The predicted octanol–water partition coefficient (Wildman–Crippen LogP) is 2.40. The van der Waals surface area contributed by atoms with Gasteiger partial charge in [-0.3, -0.25) is 4.79 Å². The molecule has 4 nitrogen and oxygen atoms in total. The summed E-state index contributed by atoms with van der Waals surface area (Å²) in [6.45, 7) is 7.00. The number of carbonyl (C=O) groups is 2. The van der Waals surface area contributed by atoms with Gasteiger partial charge in [-0.05, 0) is 19.1 Å². The minimum absolute atomic E-state index is 0.257. The standard InChI is InChI=1S/C13H14O4/c1-4-16-13(15)12-7-5-11(6-8-12)9(2)17-10(3)14/h5-8H,2,4H2,1,3H3. The van der Waals surface area contributed by atoms with Crippen LogP contribution in [0.5, 0.6) is 0 Å². The number of benzene rings is 1. The van der Waals surface area contributed by atoms with Crippen LogP contribution in [0.4, 0.5) is 0 Å². The summed E-state index contributed by atoms with van der Waals surface area (Å²) in [6, 6.07) is 6.50. The van der Waals surface area contributed by atoms with Gasteiger partial charge in [0, 0.05) is 12.5 Å². The number of carbonyl (C=O) groups excluding carboxylic acids is 2. The van der Waals surface area contributed by atoms with E-state index in [4.69, 9.17) is 9.47 Å². The van der Waals surface area contributed by atoms with Gasteiger partial charge in [0.1, 0.15) is 5.76 Å². The van der Waals surface area contributed by atoms with Crippen molar-refractivity contribution in [3.05, 3.63) is 42.0 Å². The Hall–Kier alpha value is -2.10. The van der Waals surface area contributed by atoms with Gasteiger partial charge in [-0.25, -0.2) is 4.79 Å². The average molecular weight is 234 g/mol. The van der Waals surface area contributed by atoms with Crippen LogP contribution in [0.1, 0.15) is 29.8 Å². The molecule has 1 aromatic rings. The minimum atomic E-state index is -0.426. The molecule has 0 unspecified atom stereocenters. The maximum Gasteiger partial charge on any atom is 0.338 e. The van der Waals surface area contributed by atoms with Crippen molar-refractivity contribution >= 4 is 17.7 Å². The topological polar surface area (TPSA) is 52.6 Å². The third kappa shape index (κ3) is 3.75. The zero-order chi connectivity index (χ0) is 12.8. The summed E-state index contributed by atoms with van der Waals surface area (Å²) in [7, 11) is 0. The summed E-state index contributed by atoms with van der Waals surface area (Å²) in [6.07, 6.45) is 0. The number of hydrogen-bond acceptors (Lipinski definition) is 4. The molecule has 0 saturated heterocycles. The fraction of sp³-hybridized carbons (Fsp3) is 0.231. The van der Waals surface area contributed by atoms with Crippen LogP contribution in [0.3, 0.4) is 0 Å². The van der Waals surface area contributed by atoms with E-state index < -0.39 is 5.97 Å². The van der Waals surface area contributed by atoms with Crippen molar-refractivity contribution < 1.29 is 19.1 Å². The van der Waals surface area contributed by atoms with Gasteiger partial charge >= 0.3 is 11.9 Å². The Morgan fingerprint density at radius 2 is 1.71 bits per heavy atom. The van der Waals surface area contributed by atoms with Crippen LogP contribution in [0.25, 0.3) is 5.76 Å². The van der Waals surface area contributed by atoms with Crippen LogP contribution in [0.15, 0.2) is 30.8 Å². The highest BCUT2D eigenvalue weighted by Gasteiger charge is 2.07. The molecule has 0 aliphatic heterocycles. The van der Waals surface area contributed by atoms with Crippen LogP contribution in [-0.4, -0.2) is 18.5 Å². The Kier molecular flexibility index (Phi) is 4.46. The first kappa shape index (κ1) is 13.0. The first-order chi connectivity index (χ1) is 8.04. The van der Waals surface area contributed by atoms with Gasteiger partial charge in [0.15, 0.2) is 0 Å². The molecular formula is C13H14O4. The van der Waals surface area contributed by atoms with Crippen LogP contribution in [-0.2, 0) is 14.3 Å². The molecule has 0 bridgehead atoms. The van der Waals surface area contributed by atoms with Crippen molar-refractivity contribution in [3.8, 4) is 0 Å². The van der Waals surface area contributed by atoms with Crippen molar-refractivity contribution in [2.75, 3.05) is 6.61 Å². The maximum absolute atomic E-state index is 11.4. The summed E-state index contributed by atoms with van der Waals surface area (Å²) in [4.78, 5) is 22.1. The van der Waals surface area contributed by atoms with Gasteiger partial charge < -0.3 is 9.47 Å². The Morgan fingerprint density at radius 3 is 2.18 bits per heavy atom. The third-order valence-electron chi connectivity index (χ3n) is 1.98. The van der Waals surface area contributed by atoms with Crippen molar-refractivity contribution in [1.82, 2.24) is 0 Å². The van der Waals surface area contributed by atoms with E-state index in [1.54, 1.807) is 31.2 Å². The molecule has 0 spiro atoms. The summed E-state index contributed by atoms with van der Waals surface area (Å²) in [5.74, 6) is -0.547. The lowest BCUT2D eigenvalue weighted by Crippen LogP contribution is -2.04. The van der Waals surface area contributed by atoms with Gasteiger partial charge in [0.25, 0.3) is 0 Å². The summed E-state index contributed by atoms with van der Waals surface area (Å²) >= 11 is 0. The minimum Gasteiger partial charge on any atom is -0.462 e. The fourth-order valence-corrected chi connectivity index (χ4v) is 1.24. The quantitative estimate of drug-likeness (QED) is 0.593. The van der Waals surface area contributed by atoms with Gasteiger partial charge in [-0.15, -0.1) is 0 Å². The molecule has 4 heteroatoms. The molecule has 0 amide bonds. The zero-order valence-electron chi connectivity index (χ0n) is 9.86. The highest BCUT2D eigenvalue weighted by atomic mass is 16.5. The Balaban J connectivity index is 2.77.